The molecule has 2 aromatic rings. The average Bonchev–Trinajstić information content (AvgIpc) is 3.29. The number of benzene rings is 1. The smallest absolute Gasteiger partial charge is 0.262 e. The predicted octanol–water partition coefficient (Wildman–Crippen LogP) is 2.85. The largest absolute Gasteiger partial charge is 0.377 e. The van der Waals surface area contributed by atoms with Crippen LogP contribution in [-0.2, 0) is 16.0 Å². The molecule has 2 aliphatic rings. The van der Waals surface area contributed by atoms with Crippen molar-refractivity contribution in [2.45, 2.75) is 49.6 Å². The fourth-order valence-corrected chi connectivity index (χ4v) is 4.43. The van der Waals surface area contributed by atoms with Crippen LogP contribution in [-0.4, -0.2) is 40.7 Å². The van der Waals surface area contributed by atoms with Crippen LogP contribution in [0.25, 0.3) is 10.9 Å². The van der Waals surface area contributed by atoms with Crippen LogP contribution in [0.2, 0.25) is 0 Å². The van der Waals surface area contributed by atoms with Crippen molar-refractivity contribution in [3.8, 4) is 0 Å². The molecule has 0 radical (unpaired) electrons. The molecule has 2 atom stereocenters. The first-order valence-electron chi connectivity index (χ1n) is 8.67. The van der Waals surface area contributed by atoms with E-state index in [2.05, 4.69) is 0 Å². The number of nitrogens with zero attached hydrogens (tertiary/aromatic N) is 2. The van der Waals surface area contributed by atoms with Crippen molar-refractivity contribution in [3.63, 3.8) is 0 Å². The molecule has 1 aromatic heterocycles. The van der Waals surface area contributed by atoms with E-state index in [0.717, 1.165) is 55.3 Å². The Morgan fingerprint density at radius 2 is 1.88 bits per heavy atom. The molecule has 0 spiro atoms. The Labute approximate surface area is 145 Å². The maximum Gasteiger partial charge on any atom is 0.262 e. The fraction of sp³-hybridized carbons (Fsp3) is 0.556. The van der Waals surface area contributed by atoms with Crippen molar-refractivity contribution in [2.24, 2.45) is 0 Å². The highest BCUT2D eigenvalue weighted by Crippen LogP contribution is 2.24. The van der Waals surface area contributed by atoms with Crippen molar-refractivity contribution >= 4 is 22.7 Å². The van der Waals surface area contributed by atoms with E-state index in [4.69, 9.17) is 14.5 Å². The van der Waals surface area contributed by atoms with Gasteiger partial charge < -0.3 is 9.47 Å². The minimum atomic E-state index is 0.0333. The second-order valence-electron chi connectivity index (χ2n) is 6.41. The van der Waals surface area contributed by atoms with Crippen LogP contribution in [0.1, 0.15) is 25.7 Å². The molecule has 0 amide bonds. The number of fused-ring (bicyclic) bond motifs is 1. The zero-order valence-electron chi connectivity index (χ0n) is 13.6. The second kappa shape index (κ2) is 7.25. The fourth-order valence-electron chi connectivity index (χ4n) is 3.35. The molecule has 24 heavy (non-hydrogen) atoms. The van der Waals surface area contributed by atoms with E-state index in [1.807, 2.05) is 24.3 Å². The summed E-state index contributed by atoms with van der Waals surface area (Å²) in [6, 6.07) is 7.57. The van der Waals surface area contributed by atoms with E-state index in [9.17, 15) is 4.79 Å². The topological polar surface area (TPSA) is 53.3 Å². The van der Waals surface area contributed by atoms with E-state index in [-0.39, 0.29) is 17.8 Å². The Morgan fingerprint density at radius 1 is 1.12 bits per heavy atom. The van der Waals surface area contributed by atoms with E-state index in [0.29, 0.717) is 11.9 Å². The van der Waals surface area contributed by atoms with Gasteiger partial charge in [-0.1, -0.05) is 23.9 Å². The van der Waals surface area contributed by atoms with Gasteiger partial charge in [0.1, 0.15) is 0 Å². The van der Waals surface area contributed by atoms with Crippen molar-refractivity contribution in [1.82, 2.24) is 9.55 Å². The first-order chi connectivity index (χ1) is 11.8. The maximum atomic E-state index is 13.0. The molecular formula is C18H22N2O3S. The molecule has 0 N–H and O–H groups in total. The number of thioether (sulfide) groups is 1. The molecular weight excluding hydrogens is 324 g/mol. The molecule has 2 fully saturated rings. The molecule has 1 aromatic carbocycles. The van der Waals surface area contributed by atoms with Gasteiger partial charge in [0, 0.05) is 19.0 Å². The Morgan fingerprint density at radius 3 is 2.62 bits per heavy atom. The van der Waals surface area contributed by atoms with Gasteiger partial charge in [-0.3, -0.25) is 9.36 Å². The van der Waals surface area contributed by atoms with E-state index >= 15 is 0 Å². The number of hydrogen-bond donors (Lipinski definition) is 0. The van der Waals surface area contributed by atoms with E-state index in [1.54, 1.807) is 16.3 Å². The van der Waals surface area contributed by atoms with Gasteiger partial charge in [0.25, 0.3) is 5.56 Å². The van der Waals surface area contributed by atoms with Gasteiger partial charge in [-0.2, -0.15) is 0 Å². The molecule has 5 nitrogen and oxygen atoms in total. The summed E-state index contributed by atoms with van der Waals surface area (Å²) < 4.78 is 13.2. The van der Waals surface area contributed by atoms with Crippen LogP contribution in [0.3, 0.4) is 0 Å². The lowest BCUT2D eigenvalue weighted by molar-refractivity contribution is 0.0937. The number of rotatable bonds is 5. The summed E-state index contributed by atoms with van der Waals surface area (Å²) in [5.41, 5.74) is 0.798. The lowest BCUT2D eigenvalue weighted by atomic mass is 10.2. The normalized spacial score (nSPS) is 24.0. The Balaban J connectivity index is 1.66. The van der Waals surface area contributed by atoms with Crippen molar-refractivity contribution in [3.05, 3.63) is 34.6 Å². The molecule has 3 heterocycles. The molecule has 4 rings (SSSR count). The van der Waals surface area contributed by atoms with Crippen molar-refractivity contribution in [1.29, 1.82) is 0 Å². The van der Waals surface area contributed by atoms with Gasteiger partial charge in [-0.05, 0) is 37.8 Å². The standard InChI is InChI=1S/C18H22N2O3S/c21-17-15-7-1-2-8-16(15)19-18(24-12-14-6-4-10-23-14)20(17)11-13-5-3-9-22-13/h1-2,7-8,13-14H,3-6,9-12H2/t13-,14+/m0/s1. The van der Waals surface area contributed by atoms with Gasteiger partial charge in [-0.25, -0.2) is 4.98 Å². The number of ether oxygens (including phenoxy) is 2. The Kier molecular flexibility index (Phi) is 4.87. The van der Waals surface area contributed by atoms with E-state index < -0.39 is 0 Å². The van der Waals surface area contributed by atoms with Gasteiger partial charge in [0.2, 0.25) is 0 Å². The third kappa shape index (κ3) is 3.36. The van der Waals surface area contributed by atoms with Crippen LogP contribution in [0.4, 0.5) is 0 Å². The van der Waals surface area contributed by atoms with E-state index in [1.165, 1.54) is 0 Å². The SMILES string of the molecule is O=c1c2ccccc2nc(SC[C@H]2CCCO2)n1C[C@@H]1CCCO1. The molecule has 2 aliphatic heterocycles. The molecule has 6 heteroatoms. The highest BCUT2D eigenvalue weighted by atomic mass is 32.2. The zero-order valence-corrected chi connectivity index (χ0v) is 14.5. The zero-order chi connectivity index (χ0) is 16.4. The number of aromatic nitrogens is 2. The molecule has 128 valence electrons. The Bertz CT molecular complexity index is 764. The lowest BCUT2D eigenvalue weighted by Crippen LogP contribution is -2.29. The molecule has 0 saturated carbocycles. The average molecular weight is 346 g/mol. The van der Waals surface area contributed by atoms with Crippen LogP contribution in [0, 0.1) is 0 Å². The number of para-hydroxylation sites is 1. The minimum Gasteiger partial charge on any atom is -0.377 e. The minimum absolute atomic E-state index is 0.0333. The molecule has 0 unspecified atom stereocenters. The maximum absolute atomic E-state index is 13.0. The van der Waals surface area contributed by atoms with Gasteiger partial charge in [-0.15, -0.1) is 0 Å². The second-order valence-corrected chi connectivity index (χ2v) is 7.40. The van der Waals surface area contributed by atoms with Gasteiger partial charge in [0.15, 0.2) is 5.16 Å². The summed E-state index contributed by atoms with van der Waals surface area (Å²) in [6.45, 7) is 2.22. The molecule has 0 aliphatic carbocycles. The van der Waals surface area contributed by atoms with Crippen LogP contribution >= 0.6 is 11.8 Å². The summed E-state index contributed by atoms with van der Waals surface area (Å²) in [5, 5.41) is 1.46. The summed E-state index contributed by atoms with van der Waals surface area (Å²) in [7, 11) is 0. The first kappa shape index (κ1) is 16.1. The quantitative estimate of drug-likeness (QED) is 0.615. The number of hydrogen-bond acceptors (Lipinski definition) is 5. The first-order valence-corrected chi connectivity index (χ1v) is 9.65. The van der Waals surface area contributed by atoms with Gasteiger partial charge >= 0.3 is 0 Å². The van der Waals surface area contributed by atoms with Crippen LogP contribution < -0.4 is 5.56 Å². The monoisotopic (exact) mass is 346 g/mol. The molecule has 0 bridgehead atoms. The summed E-state index contributed by atoms with van der Waals surface area (Å²) in [6.07, 6.45) is 4.69. The summed E-state index contributed by atoms with van der Waals surface area (Å²) in [5.74, 6) is 0.844. The summed E-state index contributed by atoms with van der Waals surface area (Å²) >= 11 is 1.63. The summed E-state index contributed by atoms with van der Waals surface area (Å²) in [4.78, 5) is 17.7. The van der Waals surface area contributed by atoms with Crippen molar-refractivity contribution < 1.29 is 9.47 Å². The van der Waals surface area contributed by atoms with Gasteiger partial charge in [0.05, 0.1) is 29.7 Å². The predicted molar refractivity (Wildman–Crippen MR) is 94.7 cm³/mol. The Hall–Kier alpha value is -1.37. The van der Waals surface area contributed by atoms with Crippen molar-refractivity contribution in [2.75, 3.05) is 19.0 Å². The third-order valence-corrected chi connectivity index (χ3v) is 5.77. The lowest BCUT2D eigenvalue weighted by Gasteiger charge is -2.17. The highest BCUT2D eigenvalue weighted by molar-refractivity contribution is 7.99. The van der Waals surface area contributed by atoms with Crippen LogP contribution in [0.5, 0.6) is 0 Å². The highest BCUT2D eigenvalue weighted by Gasteiger charge is 2.22. The van der Waals surface area contributed by atoms with Crippen LogP contribution in [0.15, 0.2) is 34.2 Å². The third-order valence-electron chi connectivity index (χ3n) is 4.66. The molecule has 2 saturated heterocycles.